The van der Waals surface area contributed by atoms with Gasteiger partial charge in [-0.1, -0.05) is 6.07 Å². The smallest absolute Gasteiger partial charge is 0.238 e. The van der Waals surface area contributed by atoms with Crippen LogP contribution in [0.1, 0.15) is 0 Å². The summed E-state index contributed by atoms with van der Waals surface area (Å²) >= 11 is 6.72. The Morgan fingerprint density at radius 2 is 1.93 bits per heavy atom. The molecule has 14 heavy (non-hydrogen) atoms. The molecule has 0 bridgehead atoms. The third-order valence-electron chi connectivity index (χ3n) is 1.56. The second kappa shape index (κ2) is 5.48. The topological polar surface area (TPSA) is 41.1 Å². The molecular weight excluding hydrogens is 312 g/mol. The van der Waals surface area contributed by atoms with E-state index in [1.54, 1.807) is 7.05 Å². The zero-order chi connectivity index (χ0) is 10.6. The number of amides is 1. The van der Waals surface area contributed by atoms with Gasteiger partial charge in [-0.05, 0) is 51.0 Å². The van der Waals surface area contributed by atoms with Crippen molar-refractivity contribution < 1.29 is 4.79 Å². The van der Waals surface area contributed by atoms with Crippen LogP contribution in [0.5, 0.6) is 0 Å². The van der Waals surface area contributed by atoms with E-state index >= 15 is 0 Å². The van der Waals surface area contributed by atoms with E-state index in [4.69, 9.17) is 0 Å². The third kappa shape index (κ3) is 3.08. The van der Waals surface area contributed by atoms with Gasteiger partial charge in [0.2, 0.25) is 5.91 Å². The Morgan fingerprint density at radius 3 is 2.43 bits per heavy atom. The fourth-order valence-corrected chi connectivity index (χ4v) is 2.16. The van der Waals surface area contributed by atoms with Gasteiger partial charge >= 0.3 is 0 Å². The van der Waals surface area contributed by atoms with Crippen molar-refractivity contribution in [2.24, 2.45) is 0 Å². The van der Waals surface area contributed by atoms with Gasteiger partial charge in [-0.25, -0.2) is 0 Å². The Kier molecular flexibility index (Phi) is 4.57. The molecule has 0 aliphatic heterocycles. The molecule has 0 saturated heterocycles. The van der Waals surface area contributed by atoms with E-state index in [0.29, 0.717) is 6.54 Å². The Bertz CT molecular complexity index is 321. The van der Waals surface area contributed by atoms with Crippen molar-refractivity contribution in [3.8, 4) is 0 Å². The fourth-order valence-electron chi connectivity index (χ4n) is 0.961. The van der Waals surface area contributed by atoms with Crippen LogP contribution in [0.2, 0.25) is 0 Å². The number of para-hydroxylation sites is 1. The minimum Gasteiger partial charge on any atom is -0.323 e. The summed E-state index contributed by atoms with van der Waals surface area (Å²) in [7, 11) is 1.73. The first-order valence-electron chi connectivity index (χ1n) is 4.03. The van der Waals surface area contributed by atoms with Crippen molar-refractivity contribution in [1.29, 1.82) is 0 Å². The van der Waals surface area contributed by atoms with Crippen LogP contribution < -0.4 is 10.6 Å². The lowest BCUT2D eigenvalue weighted by molar-refractivity contribution is -0.115. The van der Waals surface area contributed by atoms with Gasteiger partial charge in [0.25, 0.3) is 0 Å². The summed E-state index contributed by atoms with van der Waals surface area (Å²) in [6.45, 7) is 0.299. The molecule has 1 aromatic rings. The molecule has 0 fully saturated rings. The predicted octanol–water partition coefficient (Wildman–Crippen LogP) is 2.37. The van der Waals surface area contributed by atoms with Crippen LogP contribution in [-0.2, 0) is 4.79 Å². The Balaban J connectivity index is 2.80. The van der Waals surface area contributed by atoms with Crippen molar-refractivity contribution in [2.45, 2.75) is 0 Å². The van der Waals surface area contributed by atoms with E-state index < -0.39 is 0 Å². The predicted molar refractivity (Wildman–Crippen MR) is 64.4 cm³/mol. The Hall–Kier alpha value is -0.390. The van der Waals surface area contributed by atoms with Crippen molar-refractivity contribution >= 4 is 43.5 Å². The zero-order valence-corrected chi connectivity index (χ0v) is 10.8. The normalized spacial score (nSPS) is 9.93. The number of halogens is 2. The lowest BCUT2D eigenvalue weighted by atomic mass is 10.3. The second-order valence-corrected chi connectivity index (χ2v) is 4.38. The average molecular weight is 322 g/mol. The van der Waals surface area contributed by atoms with Crippen LogP contribution in [0.3, 0.4) is 0 Å². The van der Waals surface area contributed by atoms with E-state index in [1.807, 2.05) is 18.2 Å². The summed E-state index contributed by atoms with van der Waals surface area (Å²) in [6.07, 6.45) is 0. The summed E-state index contributed by atoms with van der Waals surface area (Å²) in [5, 5.41) is 5.57. The lowest BCUT2D eigenvalue weighted by Gasteiger charge is -2.08. The molecule has 0 aromatic heterocycles. The quantitative estimate of drug-likeness (QED) is 0.897. The molecular formula is C9H10Br2N2O. The molecule has 1 rings (SSSR count). The maximum atomic E-state index is 11.3. The van der Waals surface area contributed by atoms with E-state index in [1.165, 1.54) is 0 Å². The molecule has 2 N–H and O–H groups in total. The monoisotopic (exact) mass is 320 g/mol. The molecule has 0 atom stereocenters. The van der Waals surface area contributed by atoms with Crippen molar-refractivity contribution in [3.05, 3.63) is 27.1 Å². The fraction of sp³-hybridized carbons (Fsp3) is 0.222. The van der Waals surface area contributed by atoms with Gasteiger partial charge in [0, 0.05) is 8.95 Å². The van der Waals surface area contributed by atoms with Gasteiger partial charge in [-0.3, -0.25) is 4.79 Å². The first-order chi connectivity index (χ1) is 6.65. The van der Waals surface area contributed by atoms with Gasteiger partial charge in [0.1, 0.15) is 0 Å². The standard InChI is InChI=1S/C9H10Br2N2O/c1-12-5-8(14)13-9-6(10)3-2-4-7(9)11/h2-4,12H,5H2,1H3,(H,13,14). The highest BCUT2D eigenvalue weighted by Crippen LogP contribution is 2.30. The molecule has 5 heteroatoms. The first-order valence-corrected chi connectivity index (χ1v) is 5.62. The number of hydrogen-bond donors (Lipinski definition) is 2. The number of carbonyl (C=O) groups excluding carboxylic acids is 1. The van der Waals surface area contributed by atoms with Gasteiger partial charge in [-0.2, -0.15) is 0 Å². The molecule has 0 aliphatic rings. The van der Waals surface area contributed by atoms with E-state index in [2.05, 4.69) is 42.5 Å². The highest BCUT2D eigenvalue weighted by atomic mass is 79.9. The Labute approximate surface area is 99.5 Å². The molecule has 0 spiro atoms. The lowest BCUT2D eigenvalue weighted by Crippen LogP contribution is -2.25. The number of rotatable bonds is 3. The molecule has 1 amide bonds. The summed E-state index contributed by atoms with van der Waals surface area (Å²) in [5.74, 6) is -0.0694. The number of benzene rings is 1. The summed E-state index contributed by atoms with van der Waals surface area (Å²) in [4.78, 5) is 11.3. The molecule has 0 aliphatic carbocycles. The third-order valence-corrected chi connectivity index (χ3v) is 2.89. The van der Waals surface area contributed by atoms with Crippen LogP contribution in [0.25, 0.3) is 0 Å². The molecule has 0 radical (unpaired) electrons. The van der Waals surface area contributed by atoms with Crippen LogP contribution in [0.4, 0.5) is 5.69 Å². The summed E-state index contributed by atoms with van der Waals surface area (Å²) < 4.78 is 1.72. The highest BCUT2D eigenvalue weighted by Gasteiger charge is 2.07. The van der Waals surface area contributed by atoms with Crippen molar-refractivity contribution in [2.75, 3.05) is 18.9 Å². The second-order valence-electron chi connectivity index (χ2n) is 2.68. The van der Waals surface area contributed by atoms with Gasteiger partial charge in [-0.15, -0.1) is 0 Å². The minimum atomic E-state index is -0.0694. The highest BCUT2D eigenvalue weighted by molar-refractivity contribution is 9.11. The number of hydrogen-bond acceptors (Lipinski definition) is 2. The van der Waals surface area contributed by atoms with Crippen molar-refractivity contribution in [3.63, 3.8) is 0 Å². The average Bonchev–Trinajstić information content (AvgIpc) is 2.12. The van der Waals surface area contributed by atoms with Gasteiger partial charge in [0.15, 0.2) is 0 Å². The van der Waals surface area contributed by atoms with E-state index in [0.717, 1.165) is 14.6 Å². The number of anilines is 1. The number of carbonyl (C=O) groups is 1. The molecule has 76 valence electrons. The molecule has 0 heterocycles. The van der Waals surface area contributed by atoms with Gasteiger partial charge in [0.05, 0.1) is 12.2 Å². The van der Waals surface area contributed by atoms with E-state index in [9.17, 15) is 4.79 Å². The first kappa shape index (κ1) is 11.7. The van der Waals surface area contributed by atoms with Crippen LogP contribution in [0.15, 0.2) is 27.1 Å². The zero-order valence-electron chi connectivity index (χ0n) is 7.60. The van der Waals surface area contributed by atoms with Gasteiger partial charge < -0.3 is 10.6 Å². The molecule has 0 unspecified atom stereocenters. The number of likely N-dealkylation sites (N-methyl/N-ethyl adjacent to an activating group) is 1. The maximum absolute atomic E-state index is 11.3. The Morgan fingerprint density at radius 1 is 1.36 bits per heavy atom. The largest absolute Gasteiger partial charge is 0.323 e. The number of nitrogens with one attached hydrogen (secondary N) is 2. The minimum absolute atomic E-state index is 0.0694. The molecule has 1 aromatic carbocycles. The van der Waals surface area contributed by atoms with Crippen molar-refractivity contribution in [1.82, 2.24) is 5.32 Å². The molecule has 3 nitrogen and oxygen atoms in total. The maximum Gasteiger partial charge on any atom is 0.238 e. The van der Waals surface area contributed by atoms with Crippen LogP contribution >= 0.6 is 31.9 Å². The SMILES string of the molecule is CNCC(=O)Nc1c(Br)cccc1Br. The summed E-state index contributed by atoms with van der Waals surface area (Å²) in [6, 6.07) is 5.64. The van der Waals surface area contributed by atoms with Crippen LogP contribution in [-0.4, -0.2) is 19.5 Å². The van der Waals surface area contributed by atoms with E-state index in [-0.39, 0.29) is 5.91 Å². The summed E-state index contributed by atoms with van der Waals surface area (Å²) in [5.41, 5.74) is 0.757. The van der Waals surface area contributed by atoms with Crippen LogP contribution in [0, 0.1) is 0 Å². The molecule has 0 saturated carbocycles.